The van der Waals surface area contributed by atoms with Gasteiger partial charge in [0.15, 0.2) is 0 Å². The Bertz CT molecular complexity index is 1120. The van der Waals surface area contributed by atoms with Gasteiger partial charge in [-0.25, -0.2) is 26.7 Å². The summed E-state index contributed by atoms with van der Waals surface area (Å²) >= 11 is 0. The molecule has 1 spiro atoms. The predicted octanol–water partition coefficient (Wildman–Crippen LogP) is 3.49. The summed E-state index contributed by atoms with van der Waals surface area (Å²) in [5, 5.41) is 2.58. The molecular weight excluding hydrogens is 448 g/mol. The van der Waals surface area contributed by atoms with Gasteiger partial charge in [0.25, 0.3) is 0 Å². The smallest absolute Gasteiger partial charge is 0.317 e. The van der Waals surface area contributed by atoms with Crippen LogP contribution < -0.4 is 10.0 Å². The zero-order valence-corrected chi connectivity index (χ0v) is 19.5. The van der Waals surface area contributed by atoms with Crippen LogP contribution in [0.15, 0.2) is 48.5 Å². The van der Waals surface area contributed by atoms with Crippen LogP contribution in [0.5, 0.6) is 0 Å². The molecule has 2 amide bonds. The molecule has 0 unspecified atom stereocenters. The van der Waals surface area contributed by atoms with E-state index in [1.165, 1.54) is 6.92 Å². The molecule has 1 aliphatic carbocycles. The first-order chi connectivity index (χ1) is 15.6. The first kappa shape index (κ1) is 23.6. The maximum atomic E-state index is 15.6. The zero-order valence-electron chi connectivity index (χ0n) is 18.7. The lowest BCUT2D eigenvalue weighted by atomic mass is 9.91. The number of hydrogen-bond acceptors (Lipinski definition) is 3. The van der Waals surface area contributed by atoms with Crippen molar-refractivity contribution in [3.63, 3.8) is 0 Å². The quantitative estimate of drug-likeness (QED) is 0.641. The minimum Gasteiger partial charge on any atom is -0.335 e. The number of nitrogens with one attached hydrogen (secondary N) is 2. The highest BCUT2D eigenvalue weighted by Crippen LogP contribution is 2.55. The van der Waals surface area contributed by atoms with Crippen molar-refractivity contribution < 1.29 is 22.0 Å². The molecule has 6 nitrogen and oxygen atoms in total. The van der Waals surface area contributed by atoms with Gasteiger partial charge in [-0.2, -0.15) is 0 Å². The standard InChI is InChI=1S/C24H29F2N3O3S/c1-16(25)14-27-23(30)29-15-24(11-12-24)22(28-33(2,31)32)20(29)13-18-9-6-10-19(21(18)26)17-7-4-3-5-8-17/h3-10,16,20,22,28H,11-15H2,1-2H3,(H,27,30)/t16-,20-,22+/m0/s1. The van der Waals surface area contributed by atoms with Crippen LogP contribution in [0, 0.1) is 11.2 Å². The number of nitrogens with zero attached hydrogens (tertiary/aromatic N) is 1. The van der Waals surface area contributed by atoms with Crippen molar-refractivity contribution in [3.05, 3.63) is 59.9 Å². The molecular formula is C24H29F2N3O3S. The number of carbonyl (C=O) groups excluding carboxylic acids is 1. The molecule has 4 rings (SSSR count). The molecule has 0 aromatic heterocycles. The number of carbonyl (C=O) groups is 1. The second-order valence-electron chi connectivity index (χ2n) is 9.24. The Morgan fingerprint density at radius 1 is 1.18 bits per heavy atom. The molecule has 2 aromatic rings. The summed E-state index contributed by atoms with van der Waals surface area (Å²) in [6.07, 6.45) is 1.55. The molecule has 1 saturated carbocycles. The van der Waals surface area contributed by atoms with Crippen molar-refractivity contribution in [2.24, 2.45) is 5.41 Å². The minimum atomic E-state index is -3.56. The SMILES string of the molecule is C[C@H](F)CNC(=O)N1CC2(CC2)[C@H](NS(C)(=O)=O)[C@@H]1Cc1cccc(-c2ccccc2)c1F. The van der Waals surface area contributed by atoms with Crippen LogP contribution in [0.4, 0.5) is 13.6 Å². The van der Waals surface area contributed by atoms with Crippen molar-refractivity contribution in [1.29, 1.82) is 0 Å². The van der Waals surface area contributed by atoms with Crippen molar-refractivity contribution in [3.8, 4) is 11.1 Å². The van der Waals surface area contributed by atoms with Gasteiger partial charge in [-0.3, -0.25) is 0 Å². The topological polar surface area (TPSA) is 78.5 Å². The monoisotopic (exact) mass is 477 g/mol. The number of likely N-dealkylation sites (tertiary alicyclic amines) is 1. The van der Waals surface area contributed by atoms with Crippen LogP contribution in [0.1, 0.15) is 25.3 Å². The van der Waals surface area contributed by atoms with Crippen LogP contribution in [0.25, 0.3) is 11.1 Å². The summed E-state index contributed by atoms with van der Waals surface area (Å²) in [5.74, 6) is -0.392. The second-order valence-corrected chi connectivity index (χ2v) is 11.0. The average molecular weight is 478 g/mol. The van der Waals surface area contributed by atoms with Crippen molar-refractivity contribution in [1.82, 2.24) is 14.9 Å². The van der Waals surface area contributed by atoms with Crippen LogP contribution in [0.3, 0.4) is 0 Å². The summed E-state index contributed by atoms with van der Waals surface area (Å²) < 4.78 is 55.9. The number of sulfonamides is 1. The molecule has 9 heteroatoms. The van der Waals surface area contributed by atoms with E-state index < -0.39 is 40.1 Å². The van der Waals surface area contributed by atoms with Gasteiger partial charge >= 0.3 is 6.03 Å². The van der Waals surface area contributed by atoms with E-state index in [2.05, 4.69) is 10.0 Å². The lowest BCUT2D eigenvalue weighted by Crippen LogP contribution is -2.51. The summed E-state index contributed by atoms with van der Waals surface area (Å²) in [5.41, 5.74) is 1.21. The number of amides is 2. The third-order valence-electron chi connectivity index (χ3n) is 6.55. The Hall–Kier alpha value is -2.52. The molecule has 3 atom stereocenters. The summed E-state index contributed by atoms with van der Waals surface area (Å²) in [6, 6.07) is 12.7. The Morgan fingerprint density at radius 3 is 2.48 bits per heavy atom. The molecule has 0 radical (unpaired) electrons. The fourth-order valence-electron chi connectivity index (χ4n) is 4.79. The number of hydrogen-bond donors (Lipinski definition) is 2. The molecule has 2 aromatic carbocycles. The van der Waals surface area contributed by atoms with E-state index in [1.54, 1.807) is 23.1 Å². The van der Waals surface area contributed by atoms with E-state index >= 15 is 4.39 Å². The Morgan fingerprint density at radius 2 is 1.88 bits per heavy atom. The first-order valence-electron chi connectivity index (χ1n) is 11.1. The maximum Gasteiger partial charge on any atom is 0.317 e. The van der Waals surface area contributed by atoms with Crippen molar-refractivity contribution >= 4 is 16.1 Å². The third-order valence-corrected chi connectivity index (χ3v) is 7.23. The number of urea groups is 1. The van der Waals surface area contributed by atoms with Gasteiger partial charge in [-0.1, -0.05) is 48.5 Å². The summed E-state index contributed by atoms with van der Waals surface area (Å²) in [4.78, 5) is 14.5. The van der Waals surface area contributed by atoms with Crippen LogP contribution in [0.2, 0.25) is 0 Å². The van der Waals surface area contributed by atoms with Crippen molar-refractivity contribution in [2.75, 3.05) is 19.3 Å². The fourth-order valence-corrected chi connectivity index (χ4v) is 5.66. The second kappa shape index (κ2) is 9.02. The molecule has 178 valence electrons. The van der Waals surface area contributed by atoms with Crippen molar-refractivity contribution in [2.45, 2.75) is 44.4 Å². The molecule has 2 N–H and O–H groups in total. The van der Waals surface area contributed by atoms with Gasteiger partial charge in [0, 0.05) is 23.6 Å². The zero-order chi connectivity index (χ0) is 23.8. The molecule has 1 aliphatic heterocycles. The number of alkyl halides is 1. The van der Waals surface area contributed by atoms with Gasteiger partial charge in [-0.05, 0) is 37.3 Å². The van der Waals surface area contributed by atoms with E-state index in [-0.39, 0.29) is 18.4 Å². The van der Waals surface area contributed by atoms with Gasteiger partial charge < -0.3 is 10.2 Å². The highest BCUT2D eigenvalue weighted by molar-refractivity contribution is 7.88. The molecule has 2 aliphatic rings. The maximum absolute atomic E-state index is 15.6. The first-order valence-corrected chi connectivity index (χ1v) is 13.0. The van der Waals surface area contributed by atoms with E-state index in [4.69, 9.17) is 0 Å². The number of rotatable bonds is 7. The van der Waals surface area contributed by atoms with Crippen LogP contribution in [-0.2, 0) is 16.4 Å². The van der Waals surface area contributed by atoms with Gasteiger partial charge in [0.05, 0.1) is 18.8 Å². The summed E-state index contributed by atoms with van der Waals surface area (Å²) in [7, 11) is -3.56. The molecule has 2 fully saturated rings. The Kier molecular flexibility index (Phi) is 6.46. The third kappa shape index (κ3) is 5.19. The van der Waals surface area contributed by atoms with E-state index in [0.717, 1.165) is 24.7 Å². The summed E-state index contributed by atoms with van der Waals surface area (Å²) in [6.45, 7) is 1.55. The van der Waals surface area contributed by atoms with E-state index in [0.29, 0.717) is 17.7 Å². The Balaban J connectivity index is 1.68. The molecule has 1 heterocycles. The van der Waals surface area contributed by atoms with Gasteiger partial charge in [-0.15, -0.1) is 0 Å². The molecule has 0 bridgehead atoms. The molecule has 33 heavy (non-hydrogen) atoms. The predicted molar refractivity (Wildman–Crippen MR) is 123 cm³/mol. The normalized spacial score (nSPS) is 22.4. The van der Waals surface area contributed by atoms with E-state index in [1.807, 2.05) is 30.3 Å². The number of halogens is 2. The lowest BCUT2D eigenvalue weighted by molar-refractivity contribution is 0.185. The van der Waals surface area contributed by atoms with Crippen LogP contribution >= 0.6 is 0 Å². The van der Waals surface area contributed by atoms with Gasteiger partial charge in [0.2, 0.25) is 10.0 Å². The van der Waals surface area contributed by atoms with Crippen LogP contribution in [-0.4, -0.2) is 56.9 Å². The largest absolute Gasteiger partial charge is 0.335 e. The minimum absolute atomic E-state index is 0.139. The van der Waals surface area contributed by atoms with Gasteiger partial charge in [0.1, 0.15) is 12.0 Å². The average Bonchev–Trinajstić information content (AvgIpc) is 3.48. The highest BCUT2D eigenvalue weighted by atomic mass is 32.2. The number of benzene rings is 2. The Labute approximate surface area is 193 Å². The highest BCUT2D eigenvalue weighted by Gasteiger charge is 2.61. The molecule has 1 saturated heterocycles. The fraction of sp³-hybridized carbons (Fsp3) is 0.458. The lowest BCUT2D eigenvalue weighted by Gasteiger charge is -2.29. The van der Waals surface area contributed by atoms with E-state index in [9.17, 15) is 17.6 Å².